The van der Waals surface area contributed by atoms with E-state index in [1.165, 1.54) is 54.4 Å². The Morgan fingerprint density at radius 2 is 1.71 bits per heavy atom. The molecule has 7 nitrogen and oxygen atoms in total. The van der Waals surface area contributed by atoms with Crippen molar-refractivity contribution in [3.8, 4) is 0 Å². The first-order chi connectivity index (χ1) is 13.3. The molecular formula is C20H18FN3O4. The van der Waals surface area contributed by atoms with Gasteiger partial charge in [0.1, 0.15) is 5.82 Å². The van der Waals surface area contributed by atoms with Gasteiger partial charge in [0.15, 0.2) is 0 Å². The quantitative estimate of drug-likeness (QED) is 0.802. The summed E-state index contributed by atoms with van der Waals surface area (Å²) < 4.78 is 13.2. The summed E-state index contributed by atoms with van der Waals surface area (Å²) in [6.07, 6.45) is 0.366. The van der Waals surface area contributed by atoms with Crippen LogP contribution in [0.3, 0.4) is 0 Å². The van der Waals surface area contributed by atoms with Gasteiger partial charge >= 0.3 is 0 Å². The Morgan fingerprint density at radius 1 is 1.07 bits per heavy atom. The summed E-state index contributed by atoms with van der Waals surface area (Å²) in [6.45, 7) is -0.222. The summed E-state index contributed by atoms with van der Waals surface area (Å²) in [7, 11) is 1.47. The largest absolute Gasteiger partial charge is 0.332 e. The topological polar surface area (TPSA) is 86.8 Å². The van der Waals surface area contributed by atoms with E-state index in [0.29, 0.717) is 16.9 Å². The molecule has 144 valence electrons. The second-order valence-electron chi connectivity index (χ2n) is 6.39. The van der Waals surface area contributed by atoms with Gasteiger partial charge in [-0.25, -0.2) is 4.39 Å². The molecular weight excluding hydrogens is 365 g/mol. The summed E-state index contributed by atoms with van der Waals surface area (Å²) in [5, 5.41) is 2.52. The maximum absolute atomic E-state index is 13.2. The van der Waals surface area contributed by atoms with Crippen LogP contribution in [0.1, 0.15) is 23.2 Å². The lowest BCUT2D eigenvalue weighted by atomic mass is 10.1. The predicted molar refractivity (Wildman–Crippen MR) is 100 cm³/mol. The number of nitrogens with zero attached hydrogens (tertiary/aromatic N) is 2. The Kier molecular flexibility index (Phi) is 5.49. The van der Waals surface area contributed by atoms with Gasteiger partial charge in [0.05, 0.1) is 12.2 Å². The molecule has 0 aromatic heterocycles. The number of nitrogens with one attached hydrogen (secondary N) is 1. The molecule has 2 aromatic carbocycles. The third-order valence-corrected chi connectivity index (χ3v) is 4.26. The third-order valence-electron chi connectivity index (χ3n) is 4.26. The van der Waals surface area contributed by atoms with E-state index >= 15 is 0 Å². The molecule has 0 saturated carbocycles. The van der Waals surface area contributed by atoms with E-state index in [-0.39, 0.29) is 31.2 Å². The second-order valence-corrected chi connectivity index (χ2v) is 6.39. The van der Waals surface area contributed by atoms with E-state index in [2.05, 4.69) is 5.32 Å². The number of likely N-dealkylation sites (N-methyl/N-ethyl adjacent to an activating group) is 1. The number of hydrogen-bond donors (Lipinski definition) is 1. The molecule has 1 saturated heterocycles. The van der Waals surface area contributed by atoms with E-state index < -0.39 is 17.6 Å². The summed E-state index contributed by atoms with van der Waals surface area (Å²) in [5.41, 5.74) is 1.02. The van der Waals surface area contributed by atoms with Crippen LogP contribution in [0, 0.1) is 5.82 Å². The molecule has 8 heteroatoms. The normalized spacial score (nSPS) is 13.6. The molecule has 0 radical (unpaired) electrons. The number of amides is 4. The Hall–Kier alpha value is -3.55. The van der Waals surface area contributed by atoms with Crippen LogP contribution in [-0.4, -0.2) is 42.1 Å². The van der Waals surface area contributed by atoms with Crippen molar-refractivity contribution in [2.75, 3.05) is 23.8 Å². The predicted octanol–water partition coefficient (Wildman–Crippen LogP) is 2.19. The van der Waals surface area contributed by atoms with Gasteiger partial charge in [0, 0.05) is 31.1 Å². The minimum atomic E-state index is -0.475. The third kappa shape index (κ3) is 4.22. The van der Waals surface area contributed by atoms with Gasteiger partial charge < -0.3 is 10.2 Å². The van der Waals surface area contributed by atoms with Crippen molar-refractivity contribution in [2.45, 2.75) is 12.8 Å². The number of halogens is 1. The number of carbonyl (C=O) groups excluding carboxylic acids is 4. The lowest BCUT2D eigenvalue weighted by Crippen LogP contribution is -2.35. The lowest BCUT2D eigenvalue weighted by Gasteiger charge is -2.18. The molecule has 0 bridgehead atoms. The zero-order valence-corrected chi connectivity index (χ0v) is 15.1. The van der Waals surface area contributed by atoms with Crippen molar-refractivity contribution in [3.05, 3.63) is 59.9 Å². The molecule has 1 aliphatic heterocycles. The van der Waals surface area contributed by atoms with E-state index in [1.807, 2.05) is 0 Å². The molecule has 1 fully saturated rings. The highest BCUT2D eigenvalue weighted by molar-refractivity contribution is 6.19. The van der Waals surface area contributed by atoms with Gasteiger partial charge in [-0.3, -0.25) is 24.1 Å². The van der Waals surface area contributed by atoms with Crippen LogP contribution in [0.15, 0.2) is 48.5 Å². The van der Waals surface area contributed by atoms with Crippen molar-refractivity contribution in [3.63, 3.8) is 0 Å². The number of imide groups is 1. The molecule has 1 N–H and O–H groups in total. The maximum Gasteiger partial charge on any atom is 0.254 e. The van der Waals surface area contributed by atoms with E-state index in [0.717, 1.165) is 4.90 Å². The smallest absolute Gasteiger partial charge is 0.254 e. The van der Waals surface area contributed by atoms with Gasteiger partial charge in [0.2, 0.25) is 17.7 Å². The van der Waals surface area contributed by atoms with Crippen molar-refractivity contribution in [1.29, 1.82) is 0 Å². The summed E-state index contributed by atoms with van der Waals surface area (Å²) in [4.78, 5) is 50.4. The van der Waals surface area contributed by atoms with Gasteiger partial charge in [-0.2, -0.15) is 0 Å². The Bertz CT molecular complexity index is 927. The zero-order valence-electron chi connectivity index (χ0n) is 15.1. The van der Waals surface area contributed by atoms with Crippen molar-refractivity contribution in [2.24, 2.45) is 0 Å². The van der Waals surface area contributed by atoms with Crippen molar-refractivity contribution < 1.29 is 23.6 Å². The molecule has 2 aromatic rings. The number of hydrogen-bond acceptors (Lipinski definition) is 4. The molecule has 1 heterocycles. The number of benzene rings is 2. The fourth-order valence-corrected chi connectivity index (χ4v) is 2.89. The molecule has 0 aliphatic carbocycles. The lowest BCUT2D eigenvalue weighted by molar-refractivity contribution is -0.121. The fraction of sp³-hybridized carbons (Fsp3) is 0.200. The highest BCUT2D eigenvalue weighted by atomic mass is 19.1. The highest BCUT2D eigenvalue weighted by Gasteiger charge is 2.30. The van der Waals surface area contributed by atoms with E-state index in [4.69, 9.17) is 0 Å². The van der Waals surface area contributed by atoms with Crippen LogP contribution < -0.4 is 10.2 Å². The molecule has 0 spiro atoms. The van der Waals surface area contributed by atoms with Crippen LogP contribution in [0.2, 0.25) is 0 Å². The van der Waals surface area contributed by atoms with Gasteiger partial charge in [-0.1, -0.05) is 6.07 Å². The Balaban J connectivity index is 1.62. The highest BCUT2D eigenvalue weighted by Crippen LogP contribution is 2.23. The van der Waals surface area contributed by atoms with Crippen LogP contribution in [-0.2, 0) is 14.4 Å². The van der Waals surface area contributed by atoms with Crippen molar-refractivity contribution >= 4 is 35.0 Å². The molecule has 28 heavy (non-hydrogen) atoms. The van der Waals surface area contributed by atoms with Crippen LogP contribution >= 0.6 is 0 Å². The minimum absolute atomic E-state index is 0.183. The Labute approximate surface area is 160 Å². The van der Waals surface area contributed by atoms with Crippen LogP contribution in [0.5, 0.6) is 0 Å². The van der Waals surface area contributed by atoms with E-state index in [1.54, 1.807) is 6.07 Å². The average Bonchev–Trinajstić information content (AvgIpc) is 2.99. The standard InChI is InChI=1S/C20H18FN3O4/c1-23(12-17(25)22-15-4-2-3-14(21)11-15)20(28)13-5-7-16(8-6-13)24-18(26)9-10-19(24)27/h2-8,11H,9-10,12H2,1H3,(H,22,25). The van der Waals surface area contributed by atoms with Crippen molar-refractivity contribution in [1.82, 2.24) is 4.90 Å². The van der Waals surface area contributed by atoms with Gasteiger partial charge in [-0.05, 0) is 42.5 Å². The molecule has 0 atom stereocenters. The number of carbonyl (C=O) groups is 4. The van der Waals surface area contributed by atoms with E-state index in [9.17, 15) is 23.6 Å². The summed E-state index contributed by atoms with van der Waals surface area (Å²) in [6, 6.07) is 11.5. The summed E-state index contributed by atoms with van der Waals surface area (Å²) in [5.74, 6) is -1.88. The zero-order chi connectivity index (χ0) is 20.3. The number of rotatable bonds is 5. The minimum Gasteiger partial charge on any atom is -0.332 e. The molecule has 1 aliphatic rings. The SMILES string of the molecule is CN(CC(=O)Nc1cccc(F)c1)C(=O)c1ccc(N2C(=O)CCC2=O)cc1. The van der Waals surface area contributed by atoms with Gasteiger partial charge in [-0.15, -0.1) is 0 Å². The first-order valence-electron chi connectivity index (χ1n) is 8.62. The monoisotopic (exact) mass is 383 g/mol. The van der Waals surface area contributed by atoms with Crippen LogP contribution in [0.25, 0.3) is 0 Å². The fourth-order valence-electron chi connectivity index (χ4n) is 2.89. The summed E-state index contributed by atoms with van der Waals surface area (Å²) >= 11 is 0. The molecule has 0 unspecified atom stereocenters. The first kappa shape index (κ1) is 19.2. The number of anilines is 2. The van der Waals surface area contributed by atoms with Crippen LogP contribution in [0.4, 0.5) is 15.8 Å². The Morgan fingerprint density at radius 3 is 2.32 bits per heavy atom. The average molecular weight is 383 g/mol. The van der Waals surface area contributed by atoms with Gasteiger partial charge in [0.25, 0.3) is 5.91 Å². The second kappa shape index (κ2) is 7.99. The maximum atomic E-state index is 13.2. The molecule has 3 rings (SSSR count). The molecule has 4 amide bonds. The first-order valence-corrected chi connectivity index (χ1v) is 8.62.